The van der Waals surface area contributed by atoms with E-state index in [9.17, 15) is 4.79 Å². The summed E-state index contributed by atoms with van der Waals surface area (Å²) in [5.41, 5.74) is 3.72. The largest absolute Gasteiger partial charge is 0.326 e. The SMILES string of the molecule is Cc1cccc(Nc2nc3nccc(-c4cccnc4)c3c(=O)[nH]2)c1. The third-order valence-electron chi connectivity index (χ3n) is 3.86. The van der Waals surface area contributed by atoms with Gasteiger partial charge in [-0.3, -0.25) is 14.8 Å². The highest BCUT2D eigenvalue weighted by Crippen LogP contribution is 2.24. The molecule has 0 saturated heterocycles. The molecule has 3 heterocycles. The van der Waals surface area contributed by atoms with Gasteiger partial charge in [0.25, 0.3) is 5.56 Å². The molecule has 0 spiro atoms. The van der Waals surface area contributed by atoms with Crippen molar-refractivity contribution in [3.05, 3.63) is 77.0 Å². The Balaban J connectivity index is 1.83. The first kappa shape index (κ1) is 15.0. The first-order chi connectivity index (χ1) is 12.2. The average Bonchev–Trinajstić information content (AvgIpc) is 2.62. The van der Waals surface area contributed by atoms with Crippen molar-refractivity contribution in [2.24, 2.45) is 0 Å². The molecule has 4 rings (SSSR count). The third kappa shape index (κ3) is 2.97. The van der Waals surface area contributed by atoms with E-state index in [0.717, 1.165) is 22.4 Å². The summed E-state index contributed by atoms with van der Waals surface area (Å²) in [5, 5.41) is 3.57. The number of hydrogen-bond acceptors (Lipinski definition) is 5. The van der Waals surface area contributed by atoms with Crippen molar-refractivity contribution in [3.63, 3.8) is 0 Å². The molecule has 0 fully saturated rings. The van der Waals surface area contributed by atoms with Gasteiger partial charge in [-0.15, -0.1) is 0 Å². The lowest BCUT2D eigenvalue weighted by Gasteiger charge is -2.09. The summed E-state index contributed by atoms with van der Waals surface area (Å²) in [5.74, 6) is 0.360. The summed E-state index contributed by atoms with van der Waals surface area (Å²) in [6.07, 6.45) is 5.06. The van der Waals surface area contributed by atoms with E-state index in [1.165, 1.54) is 0 Å². The topological polar surface area (TPSA) is 83.6 Å². The van der Waals surface area contributed by atoms with E-state index >= 15 is 0 Å². The fourth-order valence-electron chi connectivity index (χ4n) is 2.74. The highest BCUT2D eigenvalue weighted by molar-refractivity contribution is 5.91. The molecule has 0 aliphatic rings. The Morgan fingerprint density at radius 2 is 2.00 bits per heavy atom. The van der Waals surface area contributed by atoms with Gasteiger partial charge in [0.15, 0.2) is 5.65 Å². The molecule has 2 N–H and O–H groups in total. The molecule has 6 heteroatoms. The van der Waals surface area contributed by atoms with E-state index in [4.69, 9.17) is 0 Å². The van der Waals surface area contributed by atoms with Crippen molar-refractivity contribution in [2.45, 2.75) is 6.92 Å². The zero-order chi connectivity index (χ0) is 17.2. The maximum atomic E-state index is 12.7. The number of rotatable bonds is 3. The number of nitrogens with one attached hydrogen (secondary N) is 2. The Hall–Kier alpha value is -3.54. The predicted octanol–water partition coefficient (Wildman–Crippen LogP) is 3.43. The van der Waals surface area contributed by atoms with Crippen molar-refractivity contribution in [2.75, 3.05) is 5.32 Å². The van der Waals surface area contributed by atoms with Crippen LogP contribution in [0.15, 0.2) is 65.8 Å². The molecule has 0 atom stereocenters. The van der Waals surface area contributed by atoms with Gasteiger partial charge < -0.3 is 5.32 Å². The van der Waals surface area contributed by atoms with E-state index in [-0.39, 0.29) is 5.56 Å². The number of aryl methyl sites for hydroxylation is 1. The van der Waals surface area contributed by atoms with Gasteiger partial charge in [-0.1, -0.05) is 18.2 Å². The second-order valence-corrected chi connectivity index (χ2v) is 5.71. The fourth-order valence-corrected chi connectivity index (χ4v) is 2.74. The smallest absolute Gasteiger partial charge is 0.262 e. The first-order valence-corrected chi connectivity index (χ1v) is 7.84. The standard InChI is InChI=1S/C19H15N5O/c1-12-4-2-6-14(10-12)22-19-23-17-16(18(25)24-19)15(7-9-21-17)13-5-3-8-20-11-13/h2-11H,1H3,(H2,21,22,23,24,25). The van der Waals surface area contributed by atoms with Crippen LogP contribution in [0.25, 0.3) is 22.2 Å². The van der Waals surface area contributed by atoms with Crippen LogP contribution in [0.2, 0.25) is 0 Å². The summed E-state index contributed by atoms with van der Waals surface area (Å²) in [6.45, 7) is 2.00. The minimum atomic E-state index is -0.243. The van der Waals surface area contributed by atoms with Gasteiger partial charge >= 0.3 is 0 Å². The Kier molecular flexibility index (Phi) is 3.70. The van der Waals surface area contributed by atoms with Crippen molar-refractivity contribution in [1.82, 2.24) is 19.9 Å². The van der Waals surface area contributed by atoms with Gasteiger partial charge in [-0.2, -0.15) is 4.98 Å². The van der Waals surface area contributed by atoms with Crippen LogP contribution in [0.1, 0.15) is 5.56 Å². The minimum absolute atomic E-state index is 0.243. The van der Waals surface area contributed by atoms with Gasteiger partial charge in [0, 0.05) is 35.4 Å². The predicted molar refractivity (Wildman–Crippen MR) is 97.9 cm³/mol. The van der Waals surface area contributed by atoms with Crippen LogP contribution in [0.5, 0.6) is 0 Å². The van der Waals surface area contributed by atoms with Gasteiger partial charge in [-0.05, 0) is 36.8 Å². The van der Waals surface area contributed by atoms with Crippen molar-refractivity contribution < 1.29 is 0 Å². The molecule has 25 heavy (non-hydrogen) atoms. The lowest BCUT2D eigenvalue weighted by atomic mass is 10.1. The third-order valence-corrected chi connectivity index (χ3v) is 3.86. The van der Waals surface area contributed by atoms with Crippen LogP contribution in [0.4, 0.5) is 11.6 Å². The van der Waals surface area contributed by atoms with Crippen molar-refractivity contribution in [1.29, 1.82) is 0 Å². The molecule has 1 aromatic carbocycles. The zero-order valence-corrected chi connectivity index (χ0v) is 13.5. The highest BCUT2D eigenvalue weighted by Gasteiger charge is 2.11. The molecule has 0 aliphatic carbocycles. The summed E-state index contributed by atoms with van der Waals surface area (Å²) in [4.78, 5) is 28.3. The highest BCUT2D eigenvalue weighted by atomic mass is 16.1. The number of fused-ring (bicyclic) bond motifs is 1. The van der Waals surface area contributed by atoms with Crippen LogP contribution in [-0.4, -0.2) is 19.9 Å². The lowest BCUT2D eigenvalue weighted by molar-refractivity contribution is 1.14. The van der Waals surface area contributed by atoms with E-state index in [1.807, 2.05) is 43.3 Å². The molecule has 0 radical (unpaired) electrons. The summed E-state index contributed by atoms with van der Waals surface area (Å²) in [7, 11) is 0. The van der Waals surface area contributed by atoms with E-state index in [2.05, 4.69) is 25.3 Å². The van der Waals surface area contributed by atoms with Crippen LogP contribution in [0.3, 0.4) is 0 Å². The summed E-state index contributed by atoms with van der Waals surface area (Å²) < 4.78 is 0. The maximum absolute atomic E-state index is 12.7. The van der Waals surface area contributed by atoms with E-state index in [0.29, 0.717) is 17.0 Å². The molecule has 4 aromatic rings. The van der Waals surface area contributed by atoms with E-state index in [1.54, 1.807) is 24.7 Å². The van der Waals surface area contributed by atoms with Crippen molar-refractivity contribution in [3.8, 4) is 11.1 Å². The fraction of sp³-hybridized carbons (Fsp3) is 0.0526. The molecule has 0 bridgehead atoms. The normalized spacial score (nSPS) is 10.8. The Morgan fingerprint density at radius 1 is 1.08 bits per heavy atom. The van der Waals surface area contributed by atoms with Gasteiger partial charge in [-0.25, -0.2) is 4.98 Å². The van der Waals surface area contributed by atoms with Crippen LogP contribution in [-0.2, 0) is 0 Å². The van der Waals surface area contributed by atoms with Crippen molar-refractivity contribution >= 4 is 22.7 Å². The summed E-state index contributed by atoms with van der Waals surface area (Å²) in [6, 6.07) is 13.4. The molecule has 0 amide bonds. The number of anilines is 2. The molecular weight excluding hydrogens is 314 g/mol. The Bertz CT molecular complexity index is 1110. The first-order valence-electron chi connectivity index (χ1n) is 7.84. The molecular formula is C19H15N5O. The average molecular weight is 329 g/mol. The Morgan fingerprint density at radius 3 is 2.80 bits per heavy atom. The number of pyridine rings is 2. The second-order valence-electron chi connectivity index (χ2n) is 5.71. The zero-order valence-electron chi connectivity index (χ0n) is 13.5. The number of benzene rings is 1. The lowest BCUT2D eigenvalue weighted by Crippen LogP contribution is -2.13. The molecule has 0 unspecified atom stereocenters. The minimum Gasteiger partial charge on any atom is -0.326 e. The number of H-pyrrole nitrogens is 1. The summed E-state index contributed by atoms with van der Waals surface area (Å²) >= 11 is 0. The molecule has 122 valence electrons. The van der Waals surface area contributed by atoms with E-state index < -0.39 is 0 Å². The number of aromatic amines is 1. The number of nitrogens with zero attached hydrogens (tertiary/aromatic N) is 3. The van der Waals surface area contributed by atoms with Gasteiger partial charge in [0.1, 0.15) is 0 Å². The molecule has 0 saturated carbocycles. The molecule has 0 aliphatic heterocycles. The second kappa shape index (κ2) is 6.16. The van der Waals surface area contributed by atoms with Gasteiger partial charge in [0.2, 0.25) is 5.95 Å². The maximum Gasteiger partial charge on any atom is 0.262 e. The van der Waals surface area contributed by atoms with Crippen LogP contribution >= 0.6 is 0 Å². The number of hydrogen-bond donors (Lipinski definition) is 2. The monoisotopic (exact) mass is 329 g/mol. The number of aromatic nitrogens is 4. The molecule has 6 nitrogen and oxygen atoms in total. The van der Waals surface area contributed by atoms with Crippen LogP contribution in [0, 0.1) is 6.92 Å². The molecule has 3 aromatic heterocycles. The van der Waals surface area contributed by atoms with Gasteiger partial charge in [0.05, 0.1) is 5.39 Å². The quantitative estimate of drug-likeness (QED) is 0.601. The Labute approximate surface area is 143 Å². The van der Waals surface area contributed by atoms with Crippen LogP contribution < -0.4 is 10.9 Å².